The first-order valence-electron chi connectivity index (χ1n) is 8.78. The summed E-state index contributed by atoms with van der Waals surface area (Å²) in [6, 6.07) is 4.90. The largest absolute Gasteiger partial charge is 0.386 e. The lowest BCUT2D eigenvalue weighted by Crippen LogP contribution is -2.39. The highest BCUT2D eigenvalue weighted by Crippen LogP contribution is 2.23. The van der Waals surface area contributed by atoms with Crippen LogP contribution in [0.25, 0.3) is 0 Å². The summed E-state index contributed by atoms with van der Waals surface area (Å²) >= 11 is 11.9. The molecule has 0 aromatic heterocycles. The van der Waals surface area contributed by atoms with Gasteiger partial charge in [0.05, 0.1) is 18.9 Å². The second kappa shape index (κ2) is 11.7. The normalized spacial score (nSPS) is 13.7. The Bertz CT molecular complexity index is 709. The Kier molecular flexibility index (Phi) is 10.4. The Morgan fingerprint density at radius 1 is 1.22 bits per heavy atom. The Hall–Kier alpha value is -1.06. The molecule has 3 N–H and O–H groups in total. The summed E-state index contributed by atoms with van der Waals surface area (Å²) in [5.41, 5.74) is 0.596. The van der Waals surface area contributed by atoms with Crippen molar-refractivity contribution in [3.05, 3.63) is 33.8 Å². The summed E-state index contributed by atoms with van der Waals surface area (Å²) in [4.78, 5) is 4.36. The summed E-state index contributed by atoms with van der Waals surface area (Å²) in [6.07, 6.45) is 1.01. The third-order valence-corrected chi connectivity index (χ3v) is 5.55. The molecule has 0 saturated heterocycles. The summed E-state index contributed by atoms with van der Waals surface area (Å²) in [6.45, 7) is 5.98. The second-order valence-corrected chi connectivity index (χ2v) is 8.83. The van der Waals surface area contributed by atoms with E-state index in [1.165, 1.54) is 10.6 Å². The smallest absolute Gasteiger partial charge is 0.211 e. The number of halogens is 2. The molecule has 0 heterocycles. The third-order valence-electron chi connectivity index (χ3n) is 3.73. The van der Waals surface area contributed by atoms with Crippen LogP contribution in [-0.2, 0) is 10.0 Å². The van der Waals surface area contributed by atoms with Gasteiger partial charge in [-0.3, -0.25) is 4.99 Å². The molecular weight excluding hydrogens is 411 g/mol. The van der Waals surface area contributed by atoms with Crippen LogP contribution in [0, 0.1) is 0 Å². The highest BCUT2D eigenvalue weighted by molar-refractivity contribution is 7.88. The molecule has 0 aliphatic heterocycles. The van der Waals surface area contributed by atoms with Gasteiger partial charge in [-0.15, -0.1) is 0 Å². The fourth-order valence-corrected chi connectivity index (χ4v) is 3.89. The van der Waals surface area contributed by atoms with Crippen LogP contribution >= 0.6 is 23.2 Å². The summed E-state index contributed by atoms with van der Waals surface area (Å²) in [7, 11) is -3.18. The SMILES string of the molecule is CCNC(=NCC(O)c1cc(Cl)cc(Cl)c1)NCCCN(CC)S(C)(=O)=O. The van der Waals surface area contributed by atoms with Gasteiger partial charge in [-0.1, -0.05) is 30.1 Å². The van der Waals surface area contributed by atoms with Gasteiger partial charge in [0.2, 0.25) is 10.0 Å². The zero-order chi connectivity index (χ0) is 20.4. The Labute approximate surface area is 171 Å². The Morgan fingerprint density at radius 3 is 2.37 bits per heavy atom. The minimum atomic E-state index is -3.18. The lowest BCUT2D eigenvalue weighted by molar-refractivity contribution is 0.187. The molecule has 27 heavy (non-hydrogen) atoms. The van der Waals surface area contributed by atoms with Crippen LogP contribution in [0.15, 0.2) is 23.2 Å². The standard InChI is InChI=1S/C17H28Cl2N4O3S/c1-4-20-17(21-7-6-8-23(5-2)27(3,25)26)22-12-16(24)13-9-14(18)11-15(19)10-13/h9-11,16,24H,4-8,12H2,1-3H3,(H2,20,21,22). The molecule has 154 valence electrons. The van der Waals surface area contributed by atoms with Gasteiger partial charge < -0.3 is 15.7 Å². The van der Waals surface area contributed by atoms with E-state index in [9.17, 15) is 13.5 Å². The summed E-state index contributed by atoms with van der Waals surface area (Å²) < 4.78 is 24.6. The lowest BCUT2D eigenvalue weighted by atomic mass is 10.1. The van der Waals surface area contributed by atoms with Crippen molar-refractivity contribution in [2.75, 3.05) is 39.0 Å². The Morgan fingerprint density at radius 2 is 1.85 bits per heavy atom. The maximum absolute atomic E-state index is 11.6. The van der Waals surface area contributed by atoms with Gasteiger partial charge in [-0.05, 0) is 37.1 Å². The van der Waals surface area contributed by atoms with E-state index in [-0.39, 0.29) is 6.54 Å². The predicted octanol–water partition coefficient (Wildman–Crippen LogP) is 2.25. The van der Waals surface area contributed by atoms with Crippen LogP contribution in [0.5, 0.6) is 0 Å². The van der Waals surface area contributed by atoms with Crippen molar-refractivity contribution in [1.82, 2.24) is 14.9 Å². The molecule has 0 aliphatic carbocycles. The lowest BCUT2D eigenvalue weighted by Gasteiger charge is -2.18. The molecule has 0 aliphatic rings. The van der Waals surface area contributed by atoms with E-state index < -0.39 is 16.1 Å². The first-order valence-corrected chi connectivity index (χ1v) is 11.4. The van der Waals surface area contributed by atoms with E-state index in [0.717, 1.165) is 0 Å². The summed E-state index contributed by atoms with van der Waals surface area (Å²) in [5.74, 6) is 0.548. The fraction of sp³-hybridized carbons (Fsp3) is 0.588. The average molecular weight is 439 g/mol. The molecule has 1 rings (SSSR count). The molecule has 0 radical (unpaired) electrons. The van der Waals surface area contributed by atoms with Gasteiger partial charge in [0.25, 0.3) is 0 Å². The quantitative estimate of drug-likeness (QED) is 0.295. The second-order valence-electron chi connectivity index (χ2n) is 5.97. The van der Waals surface area contributed by atoms with E-state index in [1.54, 1.807) is 18.2 Å². The number of aliphatic hydroxyl groups is 1. The molecule has 10 heteroatoms. The Balaban J connectivity index is 2.59. The van der Waals surface area contributed by atoms with Gasteiger partial charge in [0, 0.05) is 36.2 Å². The van der Waals surface area contributed by atoms with Crippen LogP contribution in [-0.4, -0.2) is 62.8 Å². The molecule has 0 saturated carbocycles. The topological polar surface area (TPSA) is 94.0 Å². The maximum Gasteiger partial charge on any atom is 0.211 e. The first-order chi connectivity index (χ1) is 12.7. The number of rotatable bonds is 10. The van der Waals surface area contributed by atoms with Crippen LogP contribution in [0.2, 0.25) is 10.0 Å². The van der Waals surface area contributed by atoms with Gasteiger partial charge in [-0.25, -0.2) is 12.7 Å². The van der Waals surface area contributed by atoms with Gasteiger partial charge in [0.15, 0.2) is 5.96 Å². The number of aliphatic imine (C=N–C) groups is 1. The van der Waals surface area contributed by atoms with Crippen molar-refractivity contribution in [3.63, 3.8) is 0 Å². The summed E-state index contributed by atoms with van der Waals surface area (Å²) in [5, 5.41) is 17.4. The molecular formula is C17H28Cl2N4O3S. The number of hydrogen-bond acceptors (Lipinski definition) is 4. The molecule has 1 unspecified atom stereocenters. The number of nitrogens with one attached hydrogen (secondary N) is 2. The van der Waals surface area contributed by atoms with Crippen molar-refractivity contribution in [2.24, 2.45) is 4.99 Å². The molecule has 0 amide bonds. The highest BCUT2D eigenvalue weighted by Gasteiger charge is 2.13. The van der Waals surface area contributed by atoms with Crippen molar-refractivity contribution in [3.8, 4) is 0 Å². The van der Waals surface area contributed by atoms with E-state index in [2.05, 4.69) is 15.6 Å². The number of hydrogen-bond donors (Lipinski definition) is 3. The number of nitrogens with zero attached hydrogens (tertiary/aromatic N) is 2. The number of sulfonamides is 1. The fourth-order valence-electron chi connectivity index (χ4n) is 2.41. The number of guanidine groups is 1. The van der Waals surface area contributed by atoms with E-state index in [0.29, 0.717) is 54.2 Å². The van der Waals surface area contributed by atoms with Gasteiger partial charge in [-0.2, -0.15) is 0 Å². The monoisotopic (exact) mass is 438 g/mol. The van der Waals surface area contributed by atoms with Crippen LogP contribution < -0.4 is 10.6 Å². The third kappa shape index (κ3) is 9.12. The average Bonchev–Trinajstić information content (AvgIpc) is 2.57. The molecule has 0 spiro atoms. The molecule has 0 fully saturated rings. The molecule has 0 bridgehead atoms. The zero-order valence-electron chi connectivity index (χ0n) is 15.9. The highest BCUT2D eigenvalue weighted by atomic mass is 35.5. The van der Waals surface area contributed by atoms with Crippen LogP contribution in [0.3, 0.4) is 0 Å². The molecule has 1 aromatic rings. The van der Waals surface area contributed by atoms with Crippen molar-refractivity contribution in [1.29, 1.82) is 0 Å². The van der Waals surface area contributed by atoms with E-state index in [1.807, 2.05) is 13.8 Å². The van der Waals surface area contributed by atoms with Crippen molar-refractivity contribution in [2.45, 2.75) is 26.4 Å². The predicted molar refractivity (Wildman–Crippen MR) is 112 cm³/mol. The van der Waals surface area contributed by atoms with Gasteiger partial charge in [0.1, 0.15) is 0 Å². The minimum Gasteiger partial charge on any atom is -0.386 e. The molecule has 7 nitrogen and oxygen atoms in total. The van der Waals surface area contributed by atoms with Crippen LogP contribution in [0.1, 0.15) is 31.9 Å². The number of benzene rings is 1. The van der Waals surface area contributed by atoms with E-state index in [4.69, 9.17) is 23.2 Å². The maximum atomic E-state index is 11.6. The number of aliphatic hydroxyl groups excluding tert-OH is 1. The van der Waals surface area contributed by atoms with Crippen molar-refractivity contribution >= 4 is 39.2 Å². The van der Waals surface area contributed by atoms with Crippen molar-refractivity contribution < 1.29 is 13.5 Å². The van der Waals surface area contributed by atoms with Crippen LogP contribution in [0.4, 0.5) is 0 Å². The molecule has 1 aromatic carbocycles. The minimum absolute atomic E-state index is 0.135. The first kappa shape index (κ1) is 24.0. The van der Waals surface area contributed by atoms with Gasteiger partial charge >= 0.3 is 0 Å². The molecule has 1 atom stereocenters. The van der Waals surface area contributed by atoms with E-state index >= 15 is 0 Å². The zero-order valence-corrected chi connectivity index (χ0v) is 18.2.